The average molecular weight is 345 g/mol. The Morgan fingerprint density at radius 3 is 2.60 bits per heavy atom. The monoisotopic (exact) mass is 345 g/mol. The van der Waals surface area contributed by atoms with Crippen LogP contribution in [-0.4, -0.2) is 49.0 Å². The lowest BCUT2D eigenvalue weighted by Gasteiger charge is -2.26. The molecule has 2 aliphatic rings. The molecule has 1 unspecified atom stereocenters. The molecule has 0 bridgehead atoms. The Labute approximate surface area is 147 Å². The van der Waals surface area contributed by atoms with E-state index in [9.17, 15) is 14.4 Å². The van der Waals surface area contributed by atoms with Crippen LogP contribution in [0.4, 0.5) is 4.79 Å². The second kappa shape index (κ2) is 6.84. The van der Waals surface area contributed by atoms with Crippen LogP contribution in [-0.2, 0) is 15.1 Å². The summed E-state index contributed by atoms with van der Waals surface area (Å²) in [4.78, 5) is 39.4. The number of likely N-dealkylation sites (N-methyl/N-ethyl adjacent to an activating group) is 1. The van der Waals surface area contributed by atoms with Gasteiger partial charge in [-0.2, -0.15) is 0 Å². The van der Waals surface area contributed by atoms with Crippen molar-refractivity contribution in [2.75, 3.05) is 20.3 Å². The van der Waals surface area contributed by atoms with Crippen LogP contribution in [0, 0.1) is 0 Å². The third-order valence-electron chi connectivity index (χ3n) is 4.81. The van der Waals surface area contributed by atoms with Crippen molar-refractivity contribution in [1.82, 2.24) is 15.5 Å². The first-order valence-electron chi connectivity index (χ1n) is 8.76. The Balaban J connectivity index is 1.69. The van der Waals surface area contributed by atoms with E-state index in [1.165, 1.54) is 4.90 Å². The Hall–Kier alpha value is -2.41. The molecule has 1 aliphatic carbocycles. The van der Waals surface area contributed by atoms with E-state index in [0.29, 0.717) is 12.5 Å². The number of carbonyl (C=O) groups is 3. The van der Waals surface area contributed by atoms with Gasteiger partial charge in [0.1, 0.15) is 5.54 Å². The third kappa shape index (κ3) is 3.51. The van der Waals surface area contributed by atoms with Gasteiger partial charge in [0.05, 0.1) is 7.05 Å². The van der Waals surface area contributed by atoms with Crippen molar-refractivity contribution in [2.24, 2.45) is 0 Å². The van der Waals surface area contributed by atoms with Crippen molar-refractivity contribution < 1.29 is 19.3 Å². The van der Waals surface area contributed by atoms with Crippen LogP contribution in [0.5, 0.6) is 0 Å². The predicted octanol–water partition coefficient (Wildman–Crippen LogP) is -0.405. The summed E-state index contributed by atoms with van der Waals surface area (Å²) in [6, 6.07) is 9.20. The standard InChI is InChI=1S/C18H24N4O3/c1-3-18(13-7-5-4-6-8-13)16(24)22(17(25)20-18)12-21(2)11-15(23)19-14-9-10-14/h4-8,14H,3,9-12H2,1-2H3,(H,19,23)(H,20,25)/p+1/t18-/m0/s1. The van der Waals surface area contributed by atoms with Gasteiger partial charge in [0.15, 0.2) is 13.2 Å². The maximum atomic E-state index is 13.0. The van der Waals surface area contributed by atoms with Crippen molar-refractivity contribution in [1.29, 1.82) is 0 Å². The Bertz CT molecular complexity index is 674. The Morgan fingerprint density at radius 2 is 2.00 bits per heavy atom. The van der Waals surface area contributed by atoms with Gasteiger partial charge in [-0.25, -0.2) is 9.69 Å². The molecule has 1 aromatic carbocycles. The molecule has 3 rings (SSSR count). The van der Waals surface area contributed by atoms with Gasteiger partial charge in [0.2, 0.25) is 0 Å². The molecule has 1 aromatic rings. The number of quaternary nitrogens is 1. The molecule has 2 atom stereocenters. The van der Waals surface area contributed by atoms with Gasteiger partial charge in [0.25, 0.3) is 11.8 Å². The third-order valence-corrected chi connectivity index (χ3v) is 4.81. The number of hydrogen-bond acceptors (Lipinski definition) is 3. The number of nitrogens with zero attached hydrogens (tertiary/aromatic N) is 1. The quantitative estimate of drug-likeness (QED) is 0.588. The number of imide groups is 1. The fraction of sp³-hybridized carbons (Fsp3) is 0.500. The number of rotatable bonds is 7. The molecule has 7 nitrogen and oxygen atoms in total. The number of urea groups is 1. The van der Waals surface area contributed by atoms with Crippen LogP contribution in [0.15, 0.2) is 30.3 Å². The summed E-state index contributed by atoms with van der Waals surface area (Å²) in [5.74, 6) is -0.301. The lowest BCUT2D eigenvalue weighted by Crippen LogP contribution is -3.12. The van der Waals surface area contributed by atoms with E-state index in [1.54, 1.807) is 0 Å². The number of carbonyl (C=O) groups excluding carboxylic acids is 3. The van der Waals surface area contributed by atoms with Gasteiger partial charge in [-0.05, 0) is 24.8 Å². The first-order chi connectivity index (χ1) is 12.0. The fourth-order valence-corrected chi connectivity index (χ4v) is 3.24. The molecule has 1 aliphatic heterocycles. The molecule has 1 heterocycles. The Kier molecular flexibility index (Phi) is 4.76. The van der Waals surface area contributed by atoms with Crippen molar-refractivity contribution in [3.05, 3.63) is 35.9 Å². The van der Waals surface area contributed by atoms with Crippen LogP contribution in [0.2, 0.25) is 0 Å². The summed E-state index contributed by atoms with van der Waals surface area (Å²) in [7, 11) is 1.81. The first-order valence-corrected chi connectivity index (χ1v) is 8.76. The first kappa shape index (κ1) is 17.4. The number of amides is 4. The zero-order valence-electron chi connectivity index (χ0n) is 14.7. The molecule has 2 fully saturated rings. The van der Waals surface area contributed by atoms with Crippen LogP contribution < -0.4 is 15.5 Å². The minimum Gasteiger partial charge on any atom is -0.348 e. The highest BCUT2D eigenvalue weighted by Crippen LogP contribution is 2.31. The van der Waals surface area contributed by atoms with Crippen LogP contribution in [0.3, 0.4) is 0 Å². The van der Waals surface area contributed by atoms with Crippen LogP contribution >= 0.6 is 0 Å². The SMILES string of the molecule is CC[C@@]1(c2ccccc2)NC(=O)N(C[NH+](C)CC(=O)NC2CC2)C1=O. The van der Waals surface area contributed by atoms with Crippen LogP contribution in [0.1, 0.15) is 31.7 Å². The van der Waals surface area contributed by atoms with Gasteiger partial charge in [-0.1, -0.05) is 37.3 Å². The Morgan fingerprint density at radius 1 is 1.32 bits per heavy atom. The maximum absolute atomic E-state index is 13.0. The molecule has 7 heteroatoms. The van der Waals surface area contributed by atoms with Crippen molar-refractivity contribution >= 4 is 17.8 Å². The lowest BCUT2D eigenvalue weighted by atomic mass is 9.87. The van der Waals surface area contributed by atoms with Gasteiger partial charge in [-0.15, -0.1) is 0 Å². The van der Waals surface area contributed by atoms with Crippen molar-refractivity contribution in [2.45, 2.75) is 37.8 Å². The highest BCUT2D eigenvalue weighted by Gasteiger charge is 2.52. The molecular weight excluding hydrogens is 320 g/mol. The summed E-state index contributed by atoms with van der Waals surface area (Å²) in [5, 5.41) is 5.78. The highest BCUT2D eigenvalue weighted by molar-refractivity contribution is 6.07. The molecule has 0 radical (unpaired) electrons. The summed E-state index contributed by atoms with van der Waals surface area (Å²) in [6.45, 7) is 2.28. The molecule has 25 heavy (non-hydrogen) atoms. The van der Waals surface area contributed by atoms with E-state index < -0.39 is 11.6 Å². The topological polar surface area (TPSA) is 82.9 Å². The number of nitrogens with one attached hydrogen (secondary N) is 3. The summed E-state index contributed by atoms with van der Waals surface area (Å²) >= 11 is 0. The van der Waals surface area contributed by atoms with Gasteiger partial charge < -0.3 is 15.5 Å². The van der Waals surface area contributed by atoms with Gasteiger partial charge in [-0.3, -0.25) is 9.59 Å². The normalized spacial score (nSPS) is 24.2. The van der Waals surface area contributed by atoms with E-state index in [1.807, 2.05) is 44.3 Å². The largest absolute Gasteiger partial charge is 0.348 e. The zero-order chi connectivity index (χ0) is 18.0. The molecule has 0 spiro atoms. The van der Waals surface area contributed by atoms with Gasteiger partial charge >= 0.3 is 6.03 Å². The van der Waals surface area contributed by atoms with Crippen molar-refractivity contribution in [3.8, 4) is 0 Å². The summed E-state index contributed by atoms with van der Waals surface area (Å²) in [6.07, 6.45) is 2.54. The summed E-state index contributed by atoms with van der Waals surface area (Å²) < 4.78 is 0. The molecule has 1 saturated carbocycles. The second-order valence-electron chi connectivity index (χ2n) is 6.92. The molecule has 1 saturated heterocycles. The van der Waals surface area contributed by atoms with Crippen LogP contribution in [0.25, 0.3) is 0 Å². The molecular formula is C18H25N4O3+. The van der Waals surface area contributed by atoms with Crippen molar-refractivity contribution in [3.63, 3.8) is 0 Å². The minimum atomic E-state index is -1.02. The summed E-state index contributed by atoms with van der Waals surface area (Å²) in [5.41, 5.74) is -0.239. The van der Waals surface area contributed by atoms with E-state index in [-0.39, 0.29) is 25.0 Å². The predicted molar refractivity (Wildman–Crippen MR) is 91.6 cm³/mol. The molecule has 0 aromatic heterocycles. The molecule has 3 N–H and O–H groups in total. The fourth-order valence-electron chi connectivity index (χ4n) is 3.24. The van der Waals surface area contributed by atoms with E-state index in [0.717, 1.165) is 23.3 Å². The number of benzene rings is 1. The van der Waals surface area contributed by atoms with Gasteiger partial charge in [0, 0.05) is 6.04 Å². The smallest absolute Gasteiger partial charge is 0.329 e. The maximum Gasteiger partial charge on any atom is 0.329 e. The molecule has 134 valence electrons. The van der Waals surface area contributed by atoms with E-state index in [4.69, 9.17) is 0 Å². The highest BCUT2D eigenvalue weighted by atomic mass is 16.2. The number of hydrogen-bond donors (Lipinski definition) is 3. The average Bonchev–Trinajstić information content (AvgIpc) is 3.37. The van der Waals surface area contributed by atoms with E-state index in [2.05, 4.69) is 10.6 Å². The van der Waals surface area contributed by atoms with E-state index >= 15 is 0 Å². The minimum absolute atomic E-state index is 0.0446. The molecule has 4 amide bonds. The second-order valence-corrected chi connectivity index (χ2v) is 6.92. The zero-order valence-corrected chi connectivity index (χ0v) is 14.7. The lowest BCUT2D eigenvalue weighted by molar-refractivity contribution is -0.879.